The van der Waals surface area contributed by atoms with Crippen LogP contribution < -0.4 is 10.6 Å². The summed E-state index contributed by atoms with van der Waals surface area (Å²) >= 11 is 0. The summed E-state index contributed by atoms with van der Waals surface area (Å²) in [7, 11) is 0. The fourth-order valence-electron chi connectivity index (χ4n) is 4.27. The number of aliphatic imine (C=N–C) groups is 1. The largest absolute Gasteiger partial charge is 0.396 e. The summed E-state index contributed by atoms with van der Waals surface area (Å²) in [4.78, 5) is 9.26. The lowest BCUT2D eigenvalue weighted by Gasteiger charge is -2.35. The lowest BCUT2D eigenvalue weighted by molar-refractivity contribution is 0.137. The predicted octanol–water partition coefficient (Wildman–Crippen LogP) is 3.73. The monoisotopic (exact) mass is 427 g/mol. The fourth-order valence-corrected chi connectivity index (χ4v) is 4.27. The third-order valence-corrected chi connectivity index (χ3v) is 6.16. The zero-order valence-corrected chi connectivity index (χ0v) is 19.0. The van der Waals surface area contributed by atoms with Crippen LogP contribution in [0.3, 0.4) is 0 Å². The summed E-state index contributed by atoms with van der Waals surface area (Å²) in [6.45, 7) is 6.76. The summed E-state index contributed by atoms with van der Waals surface area (Å²) in [6, 6.07) is 8.27. The van der Waals surface area contributed by atoms with Gasteiger partial charge in [0.05, 0.1) is 0 Å². The number of aliphatic hydroxyl groups excluding tert-OH is 1. The molecule has 1 saturated carbocycles. The van der Waals surface area contributed by atoms with E-state index in [0.717, 1.165) is 56.2 Å². The Morgan fingerprint density at radius 1 is 1.13 bits per heavy atom. The molecule has 1 aliphatic carbocycles. The minimum atomic E-state index is 0.164. The zero-order chi connectivity index (χ0) is 21.9. The van der Waals surface area contributed by atoms with E-state index >= 15 is 0 Å². The normalized spacial score (nSPS) is 16.3. The number of hydrogen-bond donors (Lipinski definition) is 3. The van der Waals surface area contributed by atoms with Crippen molar-refractivity contribution in [1.29, 1.82) is 0 Å². The van der Waals surface area contributed by atoms with Gasteiger partial charge in [0.15, 0.2) is 11.8 Å². The first-order valence-electron chi connectivity index (χ1n) is 11.7. The van der Waals surface area contributed by atoms with E-state index in [1.165, 1.54) is 37.7 Å². The molecule has 7 heteroatoms. The molecule has 0 aliphatic heterocycles. The highest BCUT2D eigenvalue weighted by Gasteiger charge is 2.31. The van der Waals surface area contributed by atoms with Crippen LogP contribution in [0.15, 0.2) is 33.8 Å². The first kappa shape index (κ1) is 23.3. The van der Waals surface area contributed by atoms with Gasteiger partial charge in [0.25, 0.3) is 5.89 Å². The van der Waals surface area contributed by atoms with Gasteiger partial charge in [0, 0.05) is 38.2 Å². The van der Waals surface area contributed by atoms with Crippen LogP contribution in [-0.2, 0) is 12.8 Å². The molecule has 0 radical (unpaired) electrons. The van der Waals surface area contributed by atoms with E-state index in [-0.39, 0.29) is 12.0 Å². The smallest absolute Gasteiger partial charge is 0.257 e. The van der Waals surface area contributed by atoms with Crippen molar-refractivity contribution in [3.63, 3.8) is 0 Å². The molecular formula is C24H37N5O2. The van der Waals surface area contributed by atoms with Crippen molar-refractivity contribution in [2.75, 3.05) is 26.2 Å². The van der Waals surface area contributed by atoms with Crippen molar-refractivity contribution in [3.8, 4) is 11.5 Å². The van der Waals surface area contributed by atoms with Crippen molar-refractivity contribution < 1.29 is 9.63 Å². The summed E-state index contributed by atoms with van der Waals surface area (Å²) in [5.41, 5.74) is 2.35. The third kappa shape index (κ3) is 6.79. The second-order valence-electron chi connectivity index (χ2n) is 8.47. The van der Waals surface area contributed by atoms with E-state index in [9.17, 15) is 5.11 Å². The lowest BCUT2D eigenvalue weighted by Crippen LogP contribution is -2.40. The van der Waals surface area contributed by atoms with Gasteiger partial charge in [-0.05, 0) is 55.7 Å². The Kier molecular flexibility index (Phi) is 8.88. The first-order chi connectivity index (χ1) is 15.2. The van der Waals surface area contributed by atoms with Crippen LogP contribution in [-0.4, -0.2) is 47.4 Å². The molecule has 0 spiro atoms. The SMILES string of the molecule is CCNC(=NCC1(CCO)CCCCC1)NCCc1ccc(-c2nc(CC)no2)cc1. The van der Waals surface area contributed by atoms with Crippen LogP contribution in [0.1, 0.15) is 63.8 Å². The number of nitrogens with one attached hydrogen (secondary N) is 2. The Hall–Kier alpha value is -2.41. The molecule has 3 rings (SSSR count). The van der Waals surface area contributed by atoms with Gasteiger partial charge in [-0.1, -0.05) is 43.5 Å². The van der Waals surface area contributed by atoms with Crippen LogP contribution in [0.5, 0.6) is 0 Å². The molecule has 170 valence electrons. The maximum absolute atomic E-state index is 9.53. The molecule has 0 amide bonds. The fraction of sp³-hybridized carbons (Fsp3) is 0.625. The summed E-state index contributed by atoms with van der Waals surface area (Å²) in [6.07, 6.45) is 8.66. The molecule has 3 N–H and O–H groups in total. The van der Waals surface area contributed by atoms with E-state index in [1.54, 1.807) is 0 Å². The second-order valence-corrected chi connectivity index (χ2v) is 8.47. The Bertz CT molecular complexity index is 804. The quantitative estimate of drug-likeness (QED) is 0.395. The van der Waals surface area contributed by atoms with Gasteiger partial charge in [0.1, 0.15) is 0 Å². The first-order valence-corrected chi connectivity index (χ1v) is 11.7. The molecule has 0 unspecified atom stereocenters. The van der Waals surface area contributed by atoms with E-state index in [4.69, 9.17) is 9.52 Å². The minimum absolute atomic E-state index is 0.164. The van der Waals surface area contributed by atoms with E-state index in [2.05, 4.69) is 39.8 Å². The van der Waals surface area contributed by atoms with Crippen LogP contribution in [0.2, 0.25) is 0 Å². The van der Waals surface area contributed by atoms with Crippen molar-refractivity contribution in [2.24, 2.45) is 10.4 Å². The number of rotatable bonds is 10. The molecule has 2 aromatic rings. The van der Waals surface area contributed by atoms with Crippen LogP contribution in [0.4, 0.5) is 0 Å². The average molecular weight is 428 g/mol. The zero-order valence-electron chi connectivity index (χ0n) is 19.0. The number of hydrogen-bond acceptors (Lipinski definition) is 5. The lowest BCUT2D eigenvalue weighted by atomic mass is 9.72. The van der Waals surface area contributed by atoms with Crippen LogP contribution >= 0.6 is 0 Å². The molecular weight excluding hydrogens is 390 g/mol. The Morgan fingerprint density at radius 2 is 1.90 bits per heavy atom. The molecule has 1 aromatic heterocycles. The maximum Gasteiger partial charge on any atom is 0.257 e. The molecule has 1 aliphatic rings. The number of aliphatic hydroxyl groups is 1. The summed E-state index contributed by atoms with van der Waals surface area (Å²) < 4.78 is 5.31. The Morgan fingerprint density at radius 3 is 2.55 bits per heavy atom. The number of aryl methyl sites for hydroxylation is 1. The van der Waals surface area contributed by atoms with Gasteiger partial charge < -0.3 is 20.3 Å². The van der Waals surface area contributed by atoms with E-state index in [1.807, 2.05) is 19.1 Å². The predicted molar refractivity (Wildman–Crippen MR) is 124 cm³/mol. The van der Waals surface area contributed by atoms with E-state index in [0.29, 0.717) is 5.89 Å². The van der Waals surface area contributed by atoms with Crippen molar-refractivity contribution in [3.05, 3.63) is 35.7 Å². The summed E-state index contributed by atoms with van der Waals surface area (Å²) in [5, 5.41) is 20.3. The molecule has 0 bridgehead atoms. The van der Waals surface area contributed by atoms with Crippen LogP contribution in [0.25, 0.3) is 11.5 Å². The molecule has 31 heavy (non-hydrogen) atoms. The number of benzene rings is 1. The molecule has 1 aromatic carbocycles. The summed E-state index contributed by atoms with van der Waals surface area (Å²) in [5.74, 6) is 2.16. The van der Waals surface area contributed by atoms with Gasteiger partial charge in [-0.2, -0.15) is 4.98 Å². The number of guanidine groups is 1. The standard InChI is InChI=1S/C24H37N5O2/c1-3-21-28-22(31-29-21)20-10-8-19(9-11-20)12-16-26-23(25-4-2)27-18-24(15-17-30)13-6-5-7-14-24/h8-11,30H,3-7,12-18H2,1-2H3,(H2,25,26,27). The third-order valence-electron chi connectivity index (χ3n) is 6.16. The van der Waals surface area contributed by atoms with Gasteiger partial charge in [-0.15, -0.1) is 0 Å². The number of nitrogens with zero attached hydrogens (tertiary/aromatic N) is 3. The van der Waals surface area contributed by atoms with Crippen molar-refractivity contribution >= 4 is 5.96 Å². The molecule has 0 saturated heterocycles. The highest BCUT2D eigenvalue weighted by molar-refractivity contribution is 5.79. The molecule has 1 heterocycles. The highest BCUT2D eigenvalue weighted by atomic mass is 16.5. The second kappa shape index (κ2) is 11.8. The molecule has 0 atom stereocenters. The molecule has 1 fully saturated rings. The minimum Gasteiger partial charge on any atom is -0.396 e. The average Bonchev–Trinajstić information content (AvgIpc) is 3.28. The maximum atomic E-state index is 9.53. The molecule has 7 nitrogen and oxygen atoms in total. The van der Waals surface area contributed by atoms with E-state index < -0.39 is 0 Å². The number of aromatic nitrogens is 2. The topological polar surface area (TPSA) is 95.6 Å². The highest BCUT2D eigenvalue weighted by Crippen LogP contribution is 2.39. The van der Waals surface area contributed by atoms with Gasteiger partial charge >= 0.3 is 0 Å². The van der Waals surface area contributed by atoms with Crippen molar-refractivity contribution in [2.45, 2.75) is 65.2 Å². The van der Waals surface area contributed by atoms with Gasteiger partial charge in [-0.3, -0.25) is 4.99 Å². The van der Waals surface area contributed by atoms with Crippen LogP contribution in [0, 0.1) is 5.41 Å². The Balaban J connectivity index is 1.53. The van der Waals surface area contributed by atoms with Gasteiger partial charge in [0.2, 0.25) is 0 Å². The van der Waals surface area contributed by atoms with Crippen molar-refractivity contribution in [1.82, 2.24) is 20.8 Å². The Labute approximate surface area is 185 Å². The van der Waals surface area contributed by atoms with Gasteiger partial charge in [-0.25, -0.2) is 0 Å².